The Kier molecular flexibility index (Phi) is 7.22. The molecule has 3 aliphatic heterocycles. The number of hydrogen-bond acceptors (Lipinski definition) is 5. The van der Waals surface area contributed by atoms with Gasteiger partial charge in [-0.3, -0.25) is 14.5 Å². The minimum absolute atomic E-state index is 0.0178. The fourth-order valence-electron chi connectivity index (χ4n) is 5.54. The van der Waals surface area contributed by atoms with E-state index in [1.165, 1.54) is 4.90 Å². The summed E-state index contributed by atoms with van der Waals surface area (Å²) in [7, 11) is 1.61. The summed E-state index contributed by atoms with van der Waals surface area (Å²) in [6, 6.07) is 7.26. The summed E-state index contributed by atoms with van der Waals surface area (Å²) in [6.45, 7) is 4.24. The molecule has 0 saturated carbocycles. The van der Waals surface area contributed by atoms with Gasteiger partial charge in [-0.1, -0.05) is 25.5 Å². The average molecular weight is 458 g/mol. The summed E-state index contributed by atoms with van der Waals surface area (Å²) < 4.78 is 10.9. The van der Waals surface area contributed by atoms with Crippen LogP contribution in [0.15, 0.2) is 24.3 Å². The first-order chi connectivity index (χ1) is 16.0. The van der Waals surface area contributed by atoms with E-state index in [9.17, 15) is 14.4 Å². The summed E-state index contributed by atoms with van der Waals surface area (Å²) in [5, 5.41) is 3.07. The number of benzene rings is 1. The van der Waals surface area contributed by atoms with Crippen molar-refractivity contribution < 1.29 is 23.9 Å². The predicted molar refractivity (Wildman–Crippen MR) is 123 cm³/mol. The van der Waals surface area contributed by atoms with E-state index in [4.69, 9.17) is 9.47 Å². The first kappa shape index (κ1) is 23.5. The molecule has 0 spiro atoms. The number of likely N-dealkylation sites (tertiary alicyclic amines) is 1. The molecule has 2 atom stereocenters. The molecular formula is C25H35N3O5. The Morgan fingerprint density at radius 1 is 1.24 bits per heavy atom. The van der Waals surface area contributed by atoms with E-state index < -0.39 is 5.54 Å². The molecule has 3 saturated heterocycles. The third-order valence-corrected chi connectivity index (χ3v) is 7.29. The molecule has 0 radical (unpaired) electrons. The maximum atomic E-state index is 13.5. The van der Waals surface area contributed by atoms with Crippen LogP contribution < -0.4 is 10.1 Å². The SMILES string of the molecule is CCCC1(C2CCN(C(=O)Cc3cccc(OC)c3)CC2)NC(=O)N(CC2CCCO2)C1=O. The molecular weight excluding hydrogens is 422 g/mol. The van der Waals surface area contributed by atoms with E-state index in [-0.39, 0.29) is 29.9 Å². The van der Waals surface area contributed by atoms with Gasteiger partial charge in [-0.15, -0.1) is 0 Å². The van der Waals surface area contributed by atoms with Crippen LogP contribution in [0.4, 0.5) is 4.79 Å². The molecule has 180 valence electrons. The van der Waals surface area contributed by atoms with Gasteiger partial charge < -0.3 is 19.7 Å². The summed E-state index contributed by atoms with van der Waals surface area (Å²) in [5.74, 6) is 0.715. The Morgan fingerprint density at radius 3 is 2.70 bits per heavy atom. The van der Waals surface area contributed by atoms with E-state index in [0.29, 0.717) is 51.9 Å². The first-order valence-electron chi connectivity index (χ1n) is 12.1. The zero-order valence-corrected chi connectivity index (χ0v) is 19.7. The van der Waals surface area contributed by atoms with Gasteiger partial charge in [0.15, 0.2) is 0 Å². The first-order valence-corrected chi connectivity index (χ1v) is 12.1. The van der Waals surface area contributed by atoms with Crippen LogP contribution in [-0.2, 0) is 20.7 Å². The van der Waals surface area contributed by atoms with Gasteiger partial charge in [-0.05, 0) is 55.7 Å². The van der Waals surface area contributed by atoms with Gasteiger partial charge in [0.1, 0.15) is 11.3 Å². The maximum absolute atomic E-state index is 13.5. The number of ether oxygens (including phenoxy) is 2. The van der Waals surface area contributed by atoms with Crippen LogP contribution in [0.3, 0.4) is 0 Å². The Labute approximate surface area is 195 Å². The van der Waals surface area contributed by atoms with E-state index in [1.54, 1.807) is 7.11 Å². The summed E-state index contributed by atoms with van der Waals surface area (Å²) in [6.07, 6.45) is 4.92. The Hall–Kier alpha value is -2.61. The summed E-state index contributed by atoms with van der Waals surface area (Å²) in [4.78, 5) is 42.5. The van der Waals surface area contributed by atoms with Crippen LogP contribution in [0.2, 0.25) is 0 Å². The number of urea groups is 1. The lowest BCUT2D eigenvalue weighted by molar-refractivity contribution is -0.136. The maximum Gasteiger partial charge on any atom is 0.325 e. The number of hydrogen-bond donors (Lipinski definition) is 1. The van der Waals surface area contributed by atoms with Crippen molar-refractivity contribution in [3.63, 3.8) is 0 Å². The van der Waals surface area contributed by atoms with E-state index in [1.807, 2.05) is 36.1 Å². The Morgan fingerprint density at radius 2 is 2.03 bits per heavy atom. The fraction of sp³-hybridized carbons (Fsp3) is 0.640. The van der Waals surface area contributed by atoms with Crippen molar-refractivity contribution in [2.24, 2.45) is 5.92 Å². The van der Waals surface area contributed by atoms with Gasteiger partial charge in [0.25, 0.3) is 5.91 Å². The molecule has 4 rings (SSSR count). The molecule has 3 aliphatic rings. The zero-order chi connectivity index (χ0) is 23.4. The van der Waals surface area contributed by atoms with Crippen molar-refractivity contribution in [1.29, 1.82) is 0 Å². The highest BCUT2D eigenvalue weighted by Crippen LogP contribution is 2.37. The molecule has 2 unspecified atom stereocenters. The predicted octanol–water partition coefficient (Wildman–Crippen LogP) is 2.75. The van der Waals surface area contributed by atoms with Crippen LogP contribution in [0.5, 0.6) is 5.75 Å². The van der Waals surface area contributed by atoms with Gasteiger partial charge >= 0.3 is 6.03 Å². The quantitative estimate of drug-likeness (QED) is 0.607. The lowest BCUT2D eigenvalue weighted by Crippen LogP contribution is -2.56. The van der Waals surface area contributed by atoms with Crippen LogP contribution in [0, 0.1) is 5.92 Å². The van der Waals surface area contributed by atoms with E-state index >= 15 is 0 Å². The average Bonchev–Trinajstić information content (AvgIpc) is 3.42. The minimum Gasteiger partial charge on any atom is -0.497 e. The summed E-state index contributed by atoms with van der Waals surface area (Å²) >= 11 is 0. The number of carbonyl (C=O) groups excluding carboxylic acids is 3. The van der Waals surface area contributed by atoms with Crippen molar-refractivity contribution in [3.8, 4) is 5.75 Å². The van der Waals surface area contributed by atoms with E-state index in [2.05, 4.69) is 5.32 Å². The van der Waals surface area contributed by atoms with Gasteiger partial charge in [-0.2, -0.15) is 0 Å². The number of amides is 4. The molecule has 0 aromatic heterocycles. The highest BCUT2D eigenvalue weighted by molar-refractivity contribution is 6.07. The molecule has 8 nitrogen and oxygen atoms in total. The fourth-order valence-corrected chi connectivity index (χ4v) is 5.54. The van der Waals surface area contributed by atoms with Crippen LogP contribution in [0.1, 0.15) is 51.0 Å². The molecule has 1 N–H and O–H groups in total. The number of imide groups is 1. The monoisotopic (exact) mass is 457 g/mol. The van der Waals surface area contributed by atoms with Crippen LogP contribution >= 0.6 is 0 Å². The lowest BCUT2D eigenvalue weighted by Gasteiger charge is -2.41. The molecule has 4 amide bonds. The molecule has 3 fully saturated rings. The third-order valence-electron chi connectivity index (χ3n) is 7.29. The number of nitrogens with one attached hydrogen (secondary N) is 1. The number of methoxy groups -OCH3 is 1. The largest absolute Gasteiger partial charge is 0.497 e. The third kappa shape index (κ3) is 4.86. The molecule has 33 heavy (non-hydrogen) atoms. The normalized spacial score (nSPS) is 26.1. The minimum atomic E-state index is -0.869. The number of piperidine rings is 1. The number of carbonyl (C=O) groups is 3. The summed E-state index contributed by atoms with van der Waals surface area (Å²) in [5.41, 5.74) is 0.0544. The van der Waals surface area contributed by atoms with Gasteiger partial charge in [-0.25, -0.2) is 4.79 Å². The molecule has 3 heterocycles. The van der Waals surface area contributed by atoms with Gasteiger partial charge in [0.05, 0.1) is 26.2 Å². The molecule has 0 aliphatic carbocycles. The standard InChI is InChI=1S/C25H35N3O5/c1-3-11-25(23(30)28(24(31)26-25)17-21-8-5-14-33-21)19-9-12-27(13-10-19)22(29)16-18-6-4-7-20(15-18)32-2/h4,6-7,15,19,21H,3,5,8-14,16-17H2,1-2H3,(H,26,31). The second-order valence-electron chi connectivity index (χ2n) is 9.39. The van der Waals surface area contributed by atoms with Crippen molar-refractivity contribution >= 4 is 17.8 Å². The molecule has 1 aromatic carbocycles. The second kappa shape index (κ2) is 10.1. The van der Waals surface area contributed by atoms with E-state index in [0.717, 1.165) is 30.6 Å². The van der Waals surface area contributed by atoms with Gasteiger partial charge in [0, 0.05) is 19.7 Å². The number of nitrogens with zero attached hydrogens (tertiary/aromatic N) is 2. The number of rotatable bonds is 8. The zero-order valence-electron chi connectivity index (χ0n) is 19.7. The Balaban J connectivity index is 1.39. The smallest absolute Gasteiger partial charge is 0.325 e. The van der Waals surface area contributed by atoms with Crippen molar-refractivity contribution in [3.05, 3.63) is 29.8 Å². The Bertz CT molecular complexity index is 877. The molecule has 8 heteroatoms. The molecule has 0 bridgehead atoms. The topological polar surface area (TPSA) is 88.2 Å². The van der Waals surface area contributed by atoms with Crippen molar-refractivity contribution in [1.82, 2.24) is 15.1 Å². The highest BCUT2D eigenvalue weighted by Gasteiger charge is 2.55. The van der Waals surface area contributed by atoms with Crippen LogP contribution in [-0.4, -0.2) is 72.6 Å². The lowest BCUT2D eigenvalue weighted by atomic mass is 9.74. The van der Waals surface area contributed by atoms with Gasteiger partial charge in [0.2, 0.25) is 5.91 Å². The molecule has 1 aromatic rings. The van der Waals surface area contributed by atoms with Crippen molar-refractivity contribution in [2.45, 2.75) is 63.5 Å². The van der Waals surface area contributed by atoms with Crippen molar-refractivity contribution in [2.75, 3.05) is 33.4 Å². The van der Waals surface area contributed by atoms with Crippen LogP contribution in [0.25, 0.3) is 0 Å². The highest BCUT2D eigenvalue weighted by atomic mass is 16.5. The second-order valence-corrected chi connectivity index (χ2v) is 9.39.